The summed E-state index contributed by atoms with van der Waals surface area (Å²) >= 11 is 1.40. The van der Waals surface area contributed by atoms with Crippen molar-refractivity contribution in [3.63, 3.8) is 0 Å². The fourth-order valence-corrected chi connectivity index (χ4v) is 2.90. The number of hydrogen-bond donors (Lipinski definition) is 1. The van der Waals surface area contributed by atoms with Crippen molar-refractivity contribution in [1.29, 1.82) is 0 Å². The van der Waals surface area contributed by atoms with Crippen molar-refractivity contribution in [1.82, 2.24) is 10.2 Å². The third kappa shape index (κ3) is 3.33. The van der Waals surface area contributed by atoms with Gasteiger partial charge in [-0.2, -0.15) is 0 Å². The van der Waals surface area contributed by atoms with Crippen LogP contribution in [-0.2, 0) is 11.2 Å². The van der Waals surface area contributed by atoms with Crippen molar-refractivity contribution in [3.8, 4) is 5.75 Å². The van der Waals surface area contributed by atoms with Gasteiger partial charge in [-0.3, -0.25) is 10.1 Å². The topological polar surface area (TPSA) is 64.1 Å². The lowest BCUT2D eigenvalue weighted by Crippen LogP contribution is -2.07. The molecule has 0 aliphatic carbocycles. The first kappa shape index (κ1) is 14.7. The van der Waals surface area contributed by atoms with Gasteiger partial charge in [-0.15, -0.1) is 10.2 Å². The number of benzene rings is 1. The summed E-state index contributed by atoms with van der Waals surface area (Å²) in [6.07, 6.45) is 4.22. The van der Waals surface area contributed by atoms with E-state index in [0.29, 0.717) is 11.0 Å². The monoisotopic (exact) mass is 315 g/mol. The number of nitrogens with zero attached hydrogens (tertiary/aromatic N) is 2. The molecule has 1 aliphatic rings. The normalized spacial score (nSPS) is 13.4. The van der Waals surface area contributed by atoms with Crippen molar-refractivity contribution in [2.45, 2.75) is 26.2 Å². The summed E-state index contributed by atoms with van der Waals surface area (Å²) in [5.41, 5.74) is 2.17. The van der Waals surface area contributed by atoms with Crippen LogP contribution < -0.4 is 10.1 Å². The molecule has 0 spiro atoms. The lowest BCUT2D eigenvalue weighted by atomic mass is 10.1. The number of aromatic nitrogens is 2. The summed E-state index contributed by atoms with van der Waals surface area (Å²) in [5.74, 6) is 1.05. The van der Waals surface area contributed by atoms with Gasteiger partial charge in [-0.05, 0) is 29.3 Å². The van der Waals surface area contributed by atoms with Gasteiger partial charge in [0.05, 0.1) is 6.61 Å². The zero-order valence-corrected chi connectivity index (χ0v) is 13.3. The molecule has 0 radical (unpaired) electrons. The molecule has 1 aliphatic heterocycles. The van der Waals surface area contributed by atoms with Crippen molar-refractivity contribution >= 4 is 28.5 Å². The SMILES string of the molecule is CC(C)c1nnc(NC(=O)C=Cc2ccc3c(c2)CCO3)s1. The smallest absolute Gasteiger partial charge is 0.250 e. The molecule has 1 amide bonds. The Morgan fingerprint density at radius 3 is 3.05 bits per heavy atom. The van der Waals surface area contributed by atoms with Crippen LogP contribution in [0.25, 0.3) is 6.08 Å². The molecule has 1 N–H and O–H groups in total. The predicted octanol–water partition coefficient (Wildman–Crippen LogP) is 3.25. The molecule has 114 valence electrons. The van der Waals surface area contributed by atoms with Gasteiger partial charge in [0.25, 0.3) is 0 Å². The number of nitrogens with one attached hydrogen (secondary N) is 1. The highest BCUT2D eigenvalue weighted by molar-refractivity contribution is 7.15. The quantitative estimate of drug-likeness (QED) is 0.880. The Bertz CT molecular complexity index is 722. The van der Waals surface area contributed by atoms with Gasteiger partial charge >= 0.3 is 0 Å². The van der Waals surface area contributed by atoms with Crippen LogP contribution in [0.1, 0.15) is 35.9 Å². The Hall–Kier alpha value is -2.21. The minimum absolute atomic E-state index is 0.205. The van der Waals surface area contributed by atoms with E-state index in [0.717, 1.165) is 29.3 Å². The van der Waals surface area contributed by atoms with Gasteiger partial charge in [0.15, 0.2) is 0 Å². The second-order valence-electron chi connectivity index (χ2n) is 5.39. The molecule has 5 nitrogen and oxygen atoms in total. The van der Waals surface area contributed by atoms with E-state index in [9.17, 15) is 4.79 Å². The molecule has 0 fully saturated rings. The molecule has 0 unspecified atom stereocenters. The largest absolute Gasteiger partial charge is 0.493 e. The molecule has 0 atom stereocenters. The van der Waals surface area contributed by atoms with Crippen molar-refractivity contribution in [3.05, 3.63) is 40.4 Å². The van der Waals surface area contributed by atoms with Crippen LogP contribution in [0.15, 0.2) is 24.3 Å². The molecule has 2 heterocycles. The van der Waals surface area contributed by atoms with Crippen LogP contribution in [0.5, 0.6) is 5.75 Å². The van der Waals surface area contributed by atoms with E-state index in [1.807, 2.05) is 32.0 Å². The summed E-state index contributed by atoms with van der Waals surface area (Å²) in [5, 5.41) is 12.2. The molecule has 2 aromatic rings. The molecule has 22 heavy (non-hydrogen) atoms. The number of hydrogen-bond acceptors (Lipinski definition) is 5. The standard InChI is InChI=1S/C16H17N3O2S/c1-10(2)15-18-19-16(22-15)17-14(20)6-4-11-3-5-13-12(9-11)7-8-21-13/h3-6,9-10H,7-8H2,1-2H3,(H,17,19,20). The van der Waals surface area contributed by atoms with E-state index in [4.69, 9.17) is 4.74 Å². The molecule has 6 heteroatoms. The lowest BCUT2D eigenvalue weighted by molar-refractivity contribution is -0.111. The van der Waals surface area contributed by atoms with Gasteiger partial charge in [0, 0.05) is 18.4 Å². The molecule has 1 aromatic heterocycles. The van der Waals surface area contributed by atoms with Gasteiger partial charge < -0.3 is 4.74 Å². The Morgan fingerprint density at radius 2 is 2.27 bits per heavy atom. The Morgan fingerprint density at radius 1 is 1.41 bits per heavy atom. The van der Waals surface area contributed by atoms with E-state index < -0.39 is 0 Å². The fourth-order valence-electron chi connectivity index (χ4n) is 2.15. The summed E-state index contributed by atoms with van der Waals surface area (Å²) in [7, 11) is 0. The van der Waals surface area contributed by atoms with Gasteiger partial charge in [-0.25, -0.2) is 0 Å². The summed E-state index contributed by atoms with van der Waals surface area (Å²) < 4.78 is 5.46. The third-order valence-corrected chi connectivity index (χ3v) is 4.44. The highest BCUT2D eigenvalue weighted by Gasteiger charge is 2.11. The highest BCUT2D eigenvalue weighted by Crippen LogP contribution is 2.26. The first-order valence-corrected chi connectivity index (χ1v) is 8.01. The average molecular weight is 315 g/mol. The molecule has 3 rings (SSSR count). The van der Waals surface area contributed by atoms with E-state index in [2.05, 4.69) is 15.5 Å². The maximum atomic E-state index is 11.9. The Balaban J connectivity index is 1.63. The number of carbonyl (C=O) groups excluding carboxylic acids is 1. The molecular weight excluding hydrogens is 298 g/mol. The molecule has 0 saturated heterocycles. The Labute approximate surface area is 133 Å². The number of ether oxygens (including phenoxy) is 1. The number of anilines is 1. The average Bonchev–Trinajstić information content (AvgIpc) is 3.13. The van der Waals surface area contributed by atoms with Crippen LogP contribution in [0, 0.1) is 0 Å². The number of fused-ring (bicyclic) bond motifs is 1. The van der Waals surface area contributed by atoms with Crippen molar-refractivity contribution in [2.24, 2.45) is 0 Å². The number of amides is 1. The van der Waals surface area contributed by atoms with Crippen molar-refractivity contribution in [2.75, 3.05) is 11.9 Å². The van der Waals surface area contributed by atoms with Crippen LogP contribution in [0.2, 0.25) is 0 Å². The van der Waals surface area contributed by atoms with Crippen LogP contribution in [-0.4, -0.2) is 22.7 Å². The minimum Gasteiger partial charge on any atom is -0.493 e. The zero-order chi connectivity index (χ0) is 15.5. The predicted molar refractivity (Wildman–Crippen MR) is 87.3 cm³/mol. The highest BCUT2D eigenvalue weighted by atomic mass is 32.1. The van der Waals surface area contributed by atoms with Crippen LogP contribution in [0.3, 0.4) is 0 Å². The fraction of sp³-hybridized carbons (Fsp3) is 0.312. The summed E-state index contributed by atoms with van der Waals surface area (Å²) in [6, 6.07) is 5.93. The molecule has 1 aromatic carbocycles. The summed E-state index contributed by atoms with van der Waals surface area (Å²) in [4.78, 5) is 11.9. The van der Waals surface area contributed by atoms with Crippen LogP contribution >= 0.6 is 11.3 Å². The van der Waals surface area contributed by atoms with Crippen LogP contribution in [0.4, 0.5) is 5.13 Å². The van der Waals surface area contributed by atoms with Crippen molar-refractivity contribution < 1.29 is 9.53 Å². The second-order valence-corrected chi connectivity index (χ2v) is 6.40. The maximum Gasteiger partial charge on any atom is 0.250 e. The van der Waals surface area contributed by atoms with E-state index in [1.165, 1.54) is 23.0 Å². The first-order chi connectivity index (χ1) is 10.6. The Kier molecular flexibility index (Phi) is 4.20. The van der Waals surface area contributed by atoms with E-state index in [-0.39, 0.29) is 5.91 Å². The summed E-state index contributed by atoms with van der Waals surface area (Å²) in [6.45, 7) is 4.82. The van der Waals surface area contributed by atoms with Gasteiger partial charge in [0.1, 0.15) is 10.8 Å². The zero-order valence-electron chi connectivity index (χ0n) is 12.5. The minimum atomic E-state index is -0.205. The molecular formula is C16H17N3O2S. The number of carbonyl (C=O) groups is 1. The number of rotatable bonds is 4. The molecule has 0 bridgehead atoms. The molecule has 0 saturated carbocycles. The third-order valence-electron chi connectivity index (χ3n) is 3.31. The lowest BCUT2D eigenvalue weighted by Gasteiger charge is -2.00. The van der Waals surface area contributed by atoms with E-state index >= 15 is 0 Å². The maximum absolute atomic E-state index is 11.9. The van der Waals surface area contributed by atoms with Gasteiger partial charge in [0.2, 0.25) is 11.0 Å². The second kappa shape index (κ2) is 6.27. The first-order valence-electron chi connectivity index (χ1n) is 7.20. The van der Waals surface area contributed by atoms with E-state index in [1.54, 1.807) is 6.08 Å². The van der Waals surface area contributed by atoms with Gasteiger partial charge in [-0.1, -0.05) is 31.3 Å².